The Bertz CT molecular complexity index is 861. The number of aromatic nitrogens is 1. The first-order valence-corrected chi connectivity index (χ1v) is 8.97. The third-order valence-electron chi connectivity index (χ3n) is 4.74. The summed E-state index contributed by atoms with van der Waals surface area (Å²) < 4.78 is 2.15. The average Bonchev–Trinajstić information content (AvgIpc) is 2.96. The summed E-state index contributed by atoms with van der Waals surface area (Å²) in [5.74, 6) is 0.170. The minimum Gasteiger partial charge on any atom is -0.356 e. The molecule has 0 saturated heterocycles. The molecule has 1 unspecified atom stereocenters. The number of aryl methyl sites for hydroxylation is 2. The van der Waals surface area contributed by atoms with Crippen LogP contribution < -0.4 is 5.32 Å². The number of para-hydroxylation sites is 1. The third-order valence-corrected chi connectivity index (χ3v) is 4.74. The maximum Gasteiger partial charge on any atom is 0.220 e. The second-order valence-electron chi connectivity index (χ2n) is 6.73. The van der Waals surface area contributed by atoms with Crippen LogP contribution in [0.2, 0.25) is 0 Å². The number of benzene rings is 2. The van der Waals surface area contributed by atoms with Gasteiger partial charge in [0.05, 0.1) is 0 Å². The van der Waals surface area contributed by atoms with Crippen LogP contribution in [-0.2, 0) is 11.8 Å². The molecule has 0 aliphatic heterocycles. The highest BCUT2D eigenvalue weighted by Crippen LogP contribution is 2.34. The molecule has 2 aromatic carbocycles. The lowest BCUT2D eigenvalue weighted by atomic mass is 9.87. The minimum atomic E-state index is 0.0588. The van der Waals surface area contributed by atoms with Gasteiger partial charge in [-0.05, 0) is 30.5 Å². The zero-order chi connectivity index (χ0) is 17.8. The summed E-state index contributed by atoms with van der Waals surface area (Å²) in [6, 6.07) is 16.9. The molecule has 130 valence electrons. The Hall–Kier alpha value is -2.55. The fourth-order valence-electron chi connectivity index (χ4n) is 3.38. The van der Waals surface area contributed by atoms with Crippen LogP contribution in [0.25, 0.3) is 10.9 Å². The number of rotatable bonds is 6. The lowest BCUT2D eigenvalue weighted by Crippen LogP contribution is -2.26. The molecule has 1 aromatic heterocycles. The summed E-state index contributed by atoms with van der Waals surface area (Å²) in [4.78, 5) is 12.5. The molecule has 25 heavy (non-hydrogen) atoms. The van der Waals surface area contributed by atoms with Gasteiger partial charge in [0, 0.05) is 43.0 Å². The minimum absolute atomic E-state index is 0.0588. The summed E-state index contributed by atoms with van der Waals surface area (Å²) in [6.45, 7) is 4.89. The van der Waals surface area contributed by atoms with Gasteiger partial charge >= 0.3 is 0 Å². The summed E-state index contributed by atoms with van der Waals surface area (Å²) >= 11 is 0. The molecular weight excluding hydrogens is 308 g/mol. The fourth-order valence-corrected chi connectivity index (χ4v) is 3.38. The summed E-state index contributed by atoms with van der Waals surface area (Å²) in [5, 5.41) is 4.24. The van der Waals surface area contributed by atoms with Crippen molar-refractivity contribution in [2.45, 2.75) is 32.6 Å². The standard InChI is InChI=1S/C22H26N2O/c1-4-13-23-22(25)14-19(17-11-9-16(2)10-12-17)20-15-24(3)21-8-6-5-7-18(20)21/h5-12,15,19H,4,13-14H2,1-3H3,(H,23,25). The first kappa shape index (κ1) is 17.3. The second-order valence-corrected chi connectivity index (χ2v) is 6.73. The van der Waals surface area contributed by atoms with Crippen molar-refractivity contribution in [1.29, 1.82) is 0 Å². The monoisotopic (exact) mass is 334 g/mol. The maximum absolute atomic E-state index is 12.5. The number of carbonyl (C=O) groups is 1. The van der Waals surface area contributed by atoms with Crippen molar-refractivity contribution < 1.29 is 4.79 Å². The third kappa shape index (κ3) is 3.76. The molecule has 1 amide bonds. The number of nitrogens with zero attached hydrogens (tertiary/aromatic N) is 1. The second kappa shape index (κ2) is 7.56. The lowest BCUT2D eigenvalue weighted by molar-refractivity contribution is -0.121. The molecule has 1 atom stereocenters. The Labute approximate surface area is 149 Å². The molecule has 3 rings (SSSR count). The molecule has 0 radical (unpaired) electrons. The number of amides is 1. The summed E-state index contributed by atoms with van der Waals surface area (Å²) in [6.07, 6.45) is 3.59. The number of nitrogens with one attached hydrogen (secondary N) is 1. The summed E-state index contributed by atoms with van der Waals surface area (Å²) in [7, 11) is 2.06. The first-order chi connectivity index (χ1) is 12.1. The largest absolute Gasteiger partial charge is 0.356 e. The quantitative estimate of drug-likeness (QED) is 0.706. The van der Waals surface area contributed by atoms with Crippen LogP contribution in [0.4, 0.5) is 0 Å². The lowest BCUT2D eigenvalue weighted by Gasteiger charge is -2.17. The van der Waals surface area contributed by atoms with Crippen molar-refractivity contribution in [2.75, 3.05) is 6.54 Å². The van der Waals surface area contributed by atoms with Gasteiger partial charge in [-0.2, -0.15) is 0 Å². The van der Waals surface area contributed by atoms with Crippen LogP contribution in [0.5, 0.6) is 0 Å². The van der Waals surface area contributed by atoms with Crippen LogP contribution in [-0.4, -0.2) is 17.0 Å². The SMILES string of the molecule is CCCNC(=O)CC(c1ccc(C)cc1)c1cn(C)c2ccccc12. The van der Waals surface area contributed by atoms with E-state index in [9.17, 15) is 4.79 Å². The molecule has 1 heterocycles. The Morgan fingerprint density at radius 2 is 1.84 bits per heavy atom. The number of hydrogen-bond donors (Lipinski definition) is 1. The van der Waals surface area contributed by atoms with Gasteiger partial charge in [0.15, 0.2) is 0 Å². The van der Waals surface area contributed by atoms with E-state index >= 15 is 0 Å². The highest BCUT2D eigenvalue weighted by atomic mass is 16.1. The highest BCUT2D eigenvalue weighted by Gasteiger charge is 2.22. The van der Waals surface area contributed by atoms with Crippen molar-refractivity contribution in [3.8, 4) is 0 Å². The highest BCUT2D eigenvalue weighted by molar-refractivity contribution is 5.86. The van der Waals surface area contributed by atoms with Gasteiger partial charge in [0.25, 0.3) is 0 Å². The molecule has 3 nitrogen and oxygen atoms in total. The topological polar surface area (TPSA) is 34.0 Å². The Morgan fingerprint density at radius 1 is 1.12 bits per heavy atom. The van der Waals surface area contributed by atoms with Crippen LogP contribution in [0.1, 0.15) is 42.4 Å². The first-order valence-electron chi connectivity index (χ1n) is 8.97. The molecule has 0 aliphatic carbocycles. The van der Waals surface area contributed by atoms with Crippen molar-refractivity contribution in [1.82, 2.24) is 9.88 Å². The van der Waals surface area contributed by atoms with Gasteiger partial charge in [-0.1, -0.05) is 55.0 Å². The smallest absolute Gasteiger partial charge is 0.220 e. The number of carbonyl (C=O) groups excluding carboxylic acids is 1. The maximum atomic E-state index is 12.5. The van der Waals surface area contributed by atoms with Crippen LogP contribution in [0.3, 0.4) is 0 Å². The van der Waals surface area contributed by atoms with Crippen molar-refractivity contribution in [3.05, 3.63) is 71.4 Å². The van der Waals surface area contributed by atoms with E-state index in [0.717, 1.165) is 13.0 Å². The van der Waals surface area contributed by atoms with E-state index in [0.29, 0.717) is 6.42 Å². The van der Waals surface area contributed by atoms with E-state index in [1.165, 1.54) is 27.6 Å². The Morgan fingerprint density at radius 3 is 2.56 bits per heavy atom. The van der Waals surface area contributed by atoms with Gasteiger partial charge in [-0.15, -0.1) is 0 Å². The van der Waals surface area contributed by atoms with Gasteiger partial charge < -0.3 is 9.88 Å². The molecule has 0 saturated carbocycles. The normalized spacial score (nSPS) is 12.3. The molecule has 3 heteroatoms. The predicted molar refractivity (Wildman–Crippen MR) is 104 cm³/mol. The molecular formula is C22H26N2O. The van der Waals surface area contributed by atoms with Crippen LogP contribution >= 0.6 is 0 Å². The van der Waals surface area contributed by atoms with Crippen LogP contribution in [0, 0.1) is 6.92 Å². The van der Waals surface area contributed by atoms with E-state index in [1.54, 1.807) is 0 Å². The molecule has 0 bridgehead atoms. The van der Waals surface area contributed by atoms with Crippen molar-refractivity contribution in [3.63, 3.8) is 0 Å². The van der Waals surface area contributed by atoms with Crippen molar-refractivity contribution in [2.24, 2.45) is 7.05 Å². The molecule has 0 aliphatic rings. The molecule has 0 spiro atoms. The van der Waals surface area contributed by atoms with E-state index in [2.05, 4.69) is 85.5 Å². The molecule has 1 N–H and O–H groups in total. The average molecular weight is 334 g/mol. The summed E-state index contributed by atoms with van der Waals surface area (Å²) in [5.41, 5.74) is 4.83. The van der Waals surface area contributed by atoms with Gasteiger partial charge in [0.1, 0.15) is 0 Å². The fraction of sp³-hybridized carbons (Fsp3) is 0.318. The van der Waals surface area contributed by atoms with E-state index in [1.807, 2.05) is 0 Å². The zero-order valence-electron chi connectivity index (χ0n) is 15.3. The molecule has 3 aromatic rings. The van der Waals surface area contributed by atoms with Gasteiger partial charge in [-0.25, -0.2) is 0 Å². The molecule has 0 fully saturated rings. The van der Waals surface area contributed by atoms with Crippen molar-refractivity contribution >= 4 is 16.8 Å². The Balaban J connectivity index is 2.03. The van der Waals surface area contributed by atoms with E-state index in [4.69, 9.17) is 0 Å². The number of fused-ring (bicyclic) bond motifs is 1. The van der Waals surface area contributed by atoms with E-state index in [-0.39, 0.29) is 11.8 Å². The van der Waals surface area contributed by atoms with Crippen LogP contribution in [0.15, 0.2) is 54.7 Å². The zero-order valence-corrected chi connectivity index (χ0v) is 15.3. The number of hydrogen-bond acceptors (Lipinski definition) is 1. The van der Waals surface area contributed by atoms with E-state index < -0.39 is 0 Å². The van der Waals surface area contributed by atoms with Gasteiger partial charge in [0.2, 0.25) is 5.91 Å². The van der Waals surface area contributed by atoms with Gasteiger partial charge in [-0.3, -0.25) is 4.79 Å². The Kier molecular flexibility index (Phi) is 5.22. The predicted octanol–water partition coefficient (Wildman–Crippen LogP) is 4.53.